The summed E-state index contributed by atoms with van der Waals surface area (Å²) in [7, 11) is 0. The van der Waals surface area contributed by atoms with Crippen molar-refractivity contribution in [3.63, 3.8) is 0 Å². The first-order valence-corrected chi connectivity index (χ1v) is 6.01. The zero-order chi connectivity index (χ0) is 11.7. The van der Waals surface area contributed by atoms with E-state index in [1.54, 1.807) is 6.08 Å². The normalized spacial score (nSPS) is 18.1. The molecule has 1 N–H and O–H groups in total. The highest BCUT2D eigenvalue weighted by Gasteiger charge is 2.37. The van der Waals surface area contributed by atoms with Gasteiger partial charge in [0.25, 0.3) is 0 Å². The van der Waals surface area contributed by atoms with Gasteiger partial charge in [0.1, 0.15) is 5.54 Å². The molecule has 0 spiro atoms. The predicted molar refractivity (Wildman–Crippen MR) is 66.6 cm³/mol. The second-order valence-corrected chi connectivity index (χ2v) is 4.69. The molecule has 2 aromatic rings. The molecule has 1 aromatic heterocycles. The molecule has 1 fully saturated rings. The second kappa shape index (κ2) is 3.86. The van der Waals surface area contributed by atoms with Crippen LogP contribution in [0.2, 0.25) is 0 Å². The fourth-order valence-corrected chi connectivity index (χ4v) is 2.96. The van der Waals surface area contributed by atoms with Gasteiger partial charge in [0, 0.05) is 11.8 Å². The predicted octanol–water partition coefficient (Wildman–Crippen LogP) is 3.27. The van der Waals surface area contributed by atoms with Gasteiger partial charge >= 0.3 is 0 Å². The molecular formula is C14H14N2O. The number of nitrogens with one attached hydrogen (secondary N) is 1. The highest BCUT2D eigenvalue weighted by atomic mass is 16.1. The Labute approximate surface area is 99.6 Å². The Kier molecular flexibility index (Phi) is 2.34. The Morgan fingerprint density at radius 3 is 2.82 bits per heavy atom. The van der Waals surface area contributed by atoms with Gasteiger partial charge in [0.05, 0.1) is 5.52 Å². The fraction of sp³-hybridized carbons (Fsp3) is 0.357. The molecule has 0 amide bonds. The lowest BCUT2D eigenvalue weighted by atomic mass is 9.87. The smallest absolute Gasteiger partial charge is 0.235 e. The van der Waals surface area contributed by atoms with E-state index in [-0.39, 0.29) is 5.54 Å². The van der Waals surface area contributed by atoms with Gasteiger partial charge in [-0.2, -0.15) is 4.99 Å². The molecule has 1 aliphatic rings. The number of carbonyl (C=O) groups excluding carboxylic acids is 1. The third-order valence-electron chi connectivity index (χ3n) is 3.78. The molecule has 3 heteroatoms. The quantitative estimate of drug-likeness (QED) is 0.620. The van der Waals surface area contributed by atoms with Gasteiger partial charge < -0.3 is 4.98 Å². The summed E-state index contributed by atoms with van der Waals surface area (Å²) in [4.78, 5) is 18.1. The lowest BCUT2D eigenvalue weighted by Gasteiger charge is -2.23. The van der Waals surface area contributed by atoms with Crippen LogP contribution in [0, 0.1) is 0 Å². The monoisotopic (exact) mass is 226 g/mol. The largest absolute Gasteiger partial charge is 0.361 e. The molecule has 0 aliphatic heterocycles. The van der Waals surface area contributed by atoms with Gasteiger partial charge in [0.15, 0.2) is 0 Å². The molecule has 86 valence electrons. The number of nitrogens with zero attached hydrogens (tertiary/aromatic N) is 1. The number of rotatable bonds is 2. The van der Waals surface area contributed by atoms with Crippen LogP contribution in [0.1, 0.15) is 31.2 Å². The summed E-state index contributed by atoms with van der Waals surface area (Å²) in [6.45, 7) is 0. The molecule has 17 heavy (non-hydrogen) atoms. The number of para-hydroxylation sites is 1. The van der Waals surface area contributed by atoms with Crippen LogP contribution in [0.4, 0.5) is 0 Å². The van der Waals surface area contributed by atoms with Crippen molar-refractivity contribution in [3.8, 4) is 0 Å². The van der Waals surface area contributed by atoms with E-state index in [9.17, 15) is 4.79 Å². The Bertz CT molecular complexity index is 587. The Morgan fingerprint density at radius 1 is 1.24 bits per heavy atom. The molecule has 1 aromatic carbocycles. The standard InChI is InChI=1S/C14H14N2O/c17-10-16-14(7-1-2-8-14)12-5-3-4-11-6-9-15-13(11)12/h3-6,9,15H,1-2,7-8H2. The maximum absolute atomic E-state index is 10.7. The molecule has 1 saturated carbocycles. The number of benzene rings is 1. The van der Waals surface area contributed by atoms with Crippen LogP contribution in [0.25, 0.3) is 10.9 Å². The van der Waals surface area contributed by atoms with Crippen LogP contribution in [-0.2, 0) is 10.3 Å². The van der Waals surface area contributed by atoms with E-state index in [0.29, 0.717) is 0 Å². The number of aromatic nitrogens is 1. The topological polar surface area (TPSA) is 45.2 Å². The Balaban J connectivity index is 2.25. The third-order valence-corrected chi connectivity index (χ3v) is 3.78. The van der Waals surface area contributed by atoms with E-state index in [4.69, 9.17) is 0 Å². The van der Waals surface area contributed by atoms with Gasteiger partial charge in [-0.1, -0.05) is 31.0 Å². The Morgan fingerprint density at radius 2 is 2.06 bits per heavy atom. The molecule has 1 heterocycles. The summed E-state index contributed by atoms with van der Waals surface area (Å²) in [5, 5.41) is 1.18. The van der Waals surface area contributed by atoms with E-state index in [0.717, 1.165) is 36.8 Å². The fourth-order valence-electron chi connectivity index (χ4n) is 2.96. The maximum atomic E-state index is 10.7. The molecular weight excluding hydrogens is 212 g/mol. The zero-order valence-corrected chi connectivity index (χ0v) is 9.57. The maximum Gasteiger partial charge on any atom is 0.235 e. The van der Waals surface area contributed by atoms with Crippen LogP contribution in [0.15, 0.2) is 35.5 Å². The molecule has 0 radical (unpaired) electrons. The molecule has 0 unspecified atom stereocenters. The summed E-state index contributed by atoms with van der Waals surface area (Å²) in [6, 6.07) is 8.23. The minimum absolute atomic E-state index is 0.341. The third kappa shape index (κ3) is 1.51. The lowest BCUT2D eigenvalue weighted by Crippen LogP contribution is -2.19. The van der Waals surface area contributed by atoms with Crippen molar-refractivity contribution in [2.45, 2.75) is 31.2 Å². The summed E-state index contributed by atoms with van der Waals surface area (Å²) in [6.07, 6.45) is 7.84. The number of H-pyrrole nitrogens is 1. The summed E-state index contributed by atoms with van der Waals surface area (Å²) in [5.41, 5.74) is 1.90. The van der Waals surface area contributed by atoms with Crippen LogP contribution >= 0.6 is 0 Å². The minimum Gasteiger partial charge on any atom is -0.361 e. The lowest BCUT2D eigenvalue weighted by molar-refractivity contribution is 0.459. The van der Waals surface area contributed by atoms with Gasteiger partial charge in [-0.15, -0.1) is 0 Å². The first kappa shape index (κ1) is 10.3. The SMILES string of the molecule is O=C=NC1(c2cccc3cc[nH]c23)CCCC1. The number of fused-ring (bicyclic) bond motifs is 1. The number of aromatic amines is 1. The van der Waals surface area contributed by atoms with Crippen molar-refractivity contribution < 1.29 is 4.79 Å². The number of hydrogen-bond donors (Lipinski definition) is 1. The van der Waals surface area contributed by atoms with Crippen molar-refractivity contribution in [3.05, 3.63) is 36.0 Å². The first-order valence-electron chi connectivity index (χ1n) is 6.01. The van der Waals surface area contributed by atoms with Crippen LogP contribution in [0.5, 0.6) is 0 Å². The average molecular weight is 226 g/mol. The highest BCUT2D eigenvalue weighted by molar-refractivity contribution is 5.83. The van der Waals surface area contributed by atoms with E-state index in [2.05, 4.69) is 22.1 Å². The van der Waals surface area contributed by atoms with Crippen molar-refractivity contribution in [2.75, 3.05) is 0 Å². The molecule has 0 saturated heterocycles. The number of hydrogen-bond acceptors (Lipinski definition) is 2. The van der Waals surface area contributed by atoms with Crippen molar-refractivity contribution in [1.29, 1.82) is 0 Å². The molecule has 0 bridgehead atoms. The van der Waals surface area contributed by atoms with Gasteiger partial charge in [-0.05, 0) is 24.3 Å². The van der Waals surface area contributed by atoms with E-state index in [1.165, 1.54) is 5.39 Å². The van der Waals surface area contributed by atoms with Crippen molar-refractivity contribution in [1.82, 2.24) is 4.98 Å². The molecule has 1 aliphatic carbocycles. The van der Waals surface area contributed by atoms with Gasteiger partial charge in [-0.3, -0.25) is 0 Å². The minimum atomic E-state index is -0.341. The van der Waals surface area contributed by atoms with Gasteiger partial charge in [0.2, 0.25) is 6.08 Å². The highest BCUT2D eigenvalue weighted by Crippen LogP contribution is 2.44. The first-order chi connectivity index (χ1) is 8.36. The van der Waals surface area contributed by atoms with Crippen LogP contribution in [-0.4, -0.2) is 11.1 Å². The second-order valence-electron chi connectivity index (χ2n) is 4.69. The van der Waals surface area contributed by atoms with E-state index < -0.39 is 0 Å². The average Bonchev–Trinajstić information content (AvgIpc) is 2.97. The Hall–Kier alpha value is -1.86. The summed E-state index contributed by atoms with van der Waals surface area (Å²) < 4.78 is 0. The number of aliphatic imine (C=N–C) groups is 1. The summed E-state index contributed by atoms with van der Waals surface area (Å²) in [5.74, 6) is 0. The number of isocyanates is 1. The van der Waals surface area contributed by atoms with Crippen LogP contribution < -0.4 is 0 Å². The van der Waals surface area contributed by atoms with E-state index >= 15 is 0 Å². The van der Waals surface area contributed by atoms with Crippen molar-refractivity contribution >= 4 is 17.0 Å². The molecule has 3 rings (SSSR count). The van der Waals surface area contributed by atoms with Crippen molar-refractivity contribution in [2.24, 2.45) is 4.99 Å². The zero-order valence-electron chi connectivity index (χ0n) is 9.57. The summed E-state index contributed by atoms with van der Waals surface area (Å²) >= 11 is 0. The van der Waals surface area contributed by atoms with Crippen LogP contribution in [0.3, 0.4) is 0 Å². The van der Waals surface area contributed by atoms with E-state index in [1.807, 2.05) is 18.3 Å². The molecule has 3 nitrogen and oxygen atoms in total. The molecule has 0 atom stereocenters. The van der Waals surface area contributed by atoms with Gasteiger partial charge in [-0.25, -0.2) is 4.79 Å².